The Morgan fingerprint density at radius 2 is 2.10 bits per heavy atom. The van der Waals surface area contributed by atoms with Gasteiger partial charge in [-0.1, -0.05) is 0 Å². The first kappa shape index (κ1) is 24.3. The van der Waals surface area contributed by atoms with Crippen molar-refractivity contribution in [3.8, 4) is 6.07 Å². The van der Waals surface area contributed by atoms with E-state index in [-0.39, 0.29) is 29.6 Å². The highest BCUT2D eigenvalue weighted by Gasteiger charge is 2.50. The number of methoxy groups -OCH3 is 1. The third-order valence-corrected chi connectivity index (χ3v) is 5.96. The van der Waals surface area contributed by atoms with Crippen molar-refractivity contribution in [2.24, 2.45) is 11.3 Å². The van der Waals surface area contributed by atoms with E-state index in [0.29, 0.717) is 31.9 Å². The molecule has 0 radical (unpaired) electrons. The number of nitriles is 1. The lowest BCUT2D eigenvalue weighted by molar-refractivity contribution is -0.137. The summed E-state index contributed by atoms with van der Waals surface area (Å²) in [6.07, 6.45) is -3.04. The molecule has 6 nitrogen and oxygen atoms in total. The highest BCUT2D eigenvalue weighted by molar-refractivity contribution is 5.85. The highest BCUT2D eigenvalue weighted by atomic mass is 35.5. The zero-order valence-corrected chi connectivity index (χ0v) is 17.5. The van der Waals surface area contributed by atoms with Gasteiger partial charge in [-0.05, 0) is 44.1 Å². The number of nitrogens with zero attached hydrogens (tertiary/aromatic N) is 2. The van der Waals surface area contributed by atoms with E-state index in [2.05, 4.69) is 10.6 Å². The summed E-state index contributed by atoms with van der Waals surface area (Å²) in [6.45, 7) is 3.21. The lowest BCUT2D eigenvalue weighted by atomic mass is 9.71. The second-order valence-electron chi connectivity index (χ2n) is 7.67. The maximum atomic E-state index is 13.4. The quantitative estimate of drug-likeness (QED) is 0.680. The van der Waals surface area contributed by atoms with Crippen LogP contribution in [0.1, 0.15) is 24.0 Å². The van der Waals surface area contributed by atoms with E-state index in [1.165, 1.54) is 12.1 Å². The predicted molar refractivity (Wildman–Crippen MR) is 109 cm³/mol. The molecule has 0 aromatic heterocycles. The van der Waals surface area contributed by atoms with Crippen LogP contribution in [0.2, 0.25) is 0 Å². The van der Waals surface area contributed by atoms with E-state index >= 15 is 0 Å². The van der Waals surface area contributed by atoms with Gasteiger partial charge in [-0.25, -0.2) is 0 Å². The molecule has 1 atom stereocenters. The molecule has 1 aromatic rings. The van der Waals surface area contributed by atoms with E-state index in [4.69, 9.17) is 10.00 Å². The molecule has 30 heavy (non-hydrogen) atoms. The van der Waals surface area contributed by atoms with Crippen LogP contribution in [-0.4, -0.2) is 52.3 Å². The lowest BCUT2D eigenvalue weighted by Gasteiger charge is -2.37. The normalized spacial score (nSPS) is 20.5. The average molecular weight is 447 g/mol. The second-order valence-corrected chi connectivity index (χ2v) is 7.67. The summed E-state index contributed by atoms with van der Waals surface area (Å²) in [7, 11) is 1.56. The Hall–Kier alpha value is -2.02. The van der Waals surface area contributed by atoms with Crippen molar-refractivity contribution in [1.82, 2.24) is 10.6 Å². The first-order valence-corrected chi connectivity index (χ1v) is 9.64. The standard InChI is InChI=1S/C20H25F3N4O2.ClH/c1-29-9-8-26-18(28)17-12-27(13-19(17)4-6-25-7-5-19)15-3-2-14(11-24)16(10-15)20(21,22)23;/h2-3,10,17,25H,4-9,12-13H2,1H3,(H,26,28);1H. The number of carbonyl (C=O) groups excluding carboxylic acids is 1. The topological polar surface area (TPSA) is 77.4 Å². The van der Waals surface area contributed by atoms with Crippen LogP contribution in [0.3, 0.4) is 0 Å². The zero-order chi connectivity index (χ0) is 21.1. The SMILES string of the molecule is COCCNC(=O)C1CN(c2ccc(C#N)c(C(F)(F)F)c2)CC12CCNCC2.Cl. The number of alkyl halides is 3. The molecular formula is C20H26ClF3N4O2. The van der Waals surface area contributed by atoms with Gasteiger partial charge in [0.1, 0.15) is 0 Å². The van der Waals surface area contributed by atoms with E-state index in [1.807, 2.05) is 4.90 Å². The van der Waals surface area contributed by atoms with E-state index in [9.17, 15) is 18.0 Å². The number of carbonyl (C=O) groups is 1. The number of hydrogen-bond donors (Lipinski definition) is 2. The zero-order valence-electron chi connectivity index (χ0n) is 16.7. The van der Waals surface area contributed by atoms with Crippen molar-refractivity contribution in [3.05, 3.63) is 29.3 Å². The van der Waals surface area contributed by atoms with E-state index in [1.54, 1.807) is 13.2 Å². The molecule has 166 valence electrons. The van der Waals surface area contributed by atoms with E-state index in [0.717, 1.165) is 32.0 Å². The van der Waals surface area contributed by atoms with Gasteiger partial charge in [-0.3, -0.25) is 4.79 Å². The molecule has 1 aromatic carbocycles. The summed E-state index contributed by atoms with van der Waals surface area (Å²) in [5.41, 5.74) is -1.23. The van der Waals surface area contributed by atoms with Crippen LogP contribution >= 0.6 is 12.4 Å². The molecule has 1 unspecified atom stereocenters. The molecule has 2 N–H and O–H groups in total. The minimum absolute atomic E-state index is 0. The second kappa shape index (κ2) is 9.86. The van der Waals surface area contributed by atoms with Gasteiger partial charge in [-0.2, -0.15) is 18.4 Å². The smallest absolute Gasteiger partial charge is 0.383 e. The molecule has 2 saturated heterocycles. The lowest BCUT2D eigenvalue weighted by Crippen LogP contribution is -2.47. The Balaban J connectivity index is 0.00000320. The van der Waals surface area contributed by atoms with Crippen molar-refractivity contribution >= 4 is 24.0 Å². The number of piperidine rings is 1. The van der Waals surface area contributed by atoms with Crippen LogP contribution < -0.4 is 15.5 Å². The Morgan fingerprint density at radius 1 is 1.40 bits per heavy atom. The number of nitrogens with one attached hydrogen (secondary N) is 2. The largest absolute Gasteiger partial charge is 0.417 e. The van der Waals surface area contributed by atoms with Crippen molar-refractivity contribution < 1.29 is 22.7 Å². The molecule has 0 aliphatic carbocycles. The fourth-order valence-corrected chi connectivity index (χ4v) is 4.42. The van der Waals surface area contributed by atoms with Gasteiger partial charge in [-0.15, -0.1) is 12.4 Å². The minimum Gasteiger partial charge on any atom is -0.383 e. The van der Waals surface area contributed by atoms with Gasteiger partial charge in [0.15, 0.2) is 0 Å². The van der Waals surface area contributed by atoms with Crippen molar-refractivity contribution in [1.29, 1.82) is 5.26 Å². The van der Waals surface area contributed by atoms with Gasteiger partial charge in [0.25, 0.3) is 0 Å². The molecule has 1 amide bonds. The van der Waals surface area contributed by atoms with Crippen molar-refractivity contribution in [2.45, 2.75) is 19.0 Å². The Bertz CT molecular complexity index is 791. The van der Waals surface area contributed by atoms with Gasteiger partial charge in [0, 0.05) is 37.8 Å². The van der Waals surface area contributed by atoms with Crippen molar-refractivity contribution in [2.75, 3.05) is 51.3 Å². The summed E-state index contributed by atoms with van der Waals surface area (Å²) < 4.78 is 45.1. The van der Waals surface area contributed by atoms with E-state index < -0.39 is 17.3 Å². The molecule has 0 saturated carbocycles. The summed E-state index contributed by atoms with van der Waals surface area (Å²) in [5.74, 6) is -0.400. The maximum Gasteiger partial charge on any atom is 0.417 e. The summed E-state index contributed by atoms with van der Waals surface area (Å²) in [4.78, 5) is 14.7. The van der Waals surface area contributed by atoms with Gasteiger partial charge < -0.3 is 20.3 Å². The monoisotopic (exact) mass is 446 g/mol. The van der Waals surface area contributed by atoms with Gasteiger partial charge in [0.2, 0.25) is 5.91 Å². The Kier molecular flexibility index (Phi) is 7.97. The third kappa shape index (κ3) is 4.99. The van der Waals surface area contributed by atoms with Crippen LogP contribution in [0.15, 0.2) is 18.2 Å². The summed E-state index contributed by atoms with van der Waals surface area (Å²) >= 11 is 0. The van der Waals surface area contributed by atoms with Crippen LogP contribution in [0, 0.1) is 22.7 Å². The molecular weight excluding hydrogens is 421 g/mol. The fraction of sp³-hybridized carbons (Fsp3) is 0.600. The molecule has 10 heteroatoms. The average Bonchev–Trinajstić information content (AvgIpc) is 3.06. The highest BCUT2D eigenvalue weighted by Crippen LogP contribution is 2.45. The minimum atomic E-state index is -4.61. The molecule has 0 bridgehead atoms. The number of benzene rings is 1. The number of rotatable bonds is 5. The number of hydrogen-bond acceptors (Lipinski definition) is 5. The Labute approximate surface area is 180 Å². The molecule has 3 rings (SSSR count). The number of halogens is 4. The number of amides is 1. The van der Waals surface area contributed by atoms with Crippen LogP contribution in [0.4, 0.5) is 18.9 Å². The molecule has 2 aliphatic heterocycles. The van der Waals surface area contributed by atoms with Crippen LogP contribution in [0.25, 0.3) is 0 Å². The fourth-order valence-electron chi connectivity index (χ4n) is 4.42. The number of ether oxygens (including phenoxy) is 1. The first-order chi connectivity index (χ1) is 13.8. The Morgan fingerprint density at radius 3 is 2.70 bits per heavy atom. The van der Waals surface area contributed by atoms with Gasteiger partial charge >= 0.3 is 6.18 Å². The molecule has 2 fully saturated rings. The van der Waals surface area contributed by atoms with Crippen LogP contribution in [0.5, 0.6) is 0 Å². The first-order valence-electron chi connectivity index (χ1n) is 9.64. The summed E-state index contributed by atoms with van der Waals surface area (Å²) in [5, 5.41) is 15.2. The summed E-state index contributed by atoms with van der Waals surface area (Å²) in [6, 6.07) is 5.38. The van der Waals surface area contributed by atoms with Crippen molar-refractivity contribution in [3.63, 3.8) is 0 Å². The third-order valence-electron chi connectivity index (χ3n) is 5.96. The maximum absolute atomic E-state index is 13.4. The molecule has 1 spiro atoms. The molecule has 2 heterocycles. The molecule has 2 aliphatic rings. The number of anilines is 1. The predicted octanol–water partition coefficient (Wildman–Crippen LogP) is 2.57. The van der Waals surface area contributed by atoms with Gasteiger partial charge in [0.05, 0.1) is 29.7 Å². The van der Waals surface area contributed by atoms with Crippen LogP contribution in [-0.2, 0) is 15.7 Å².